The van der Waals surface area contributed by atoms with E-state index in [1.165, 1.54) is 18.4 Å². The van der Waals surface area contributed by atoms with Crippen LogP contribution in [0.4, 0.5) is 0 Å². The maximum atomic E-state index is 11.0. The average Bonchev–Trinajstić information content (AvgIpc) is 2.50. The van der Waals surface area contributed by atoms with Gasteiger partial charge in [-0.3, -0.25) is 0 Å². The van der Waals surface area contributed by atoms with Crippen LogP contribution in [0.1, 0.15) is 53.4 Å². The summed E-state index contributed by atoms with van der Waals surface area (Å²) in [5, 5.41) is 11.0. The van der Waals surface area contributed by atoms with E-state index in [-0.39, 0.29) is 0 Å². The average molecular weight is 222 g/mol. The molecular formula is C15H26O. The number of fused-ring (bicyclic) bond motifs is 1. The first-order chi connectivity index (χ1) is 7.45. The summed E-state index contributed by atoms with van der Waals surface area (Å²) >= 11 is 0. The Morgan fingerprint density at radius 3 is 2.69 bits per heavy atom. The Morgan fingerprint density at radius 2 is 2.06 bits per heavy atom. The molecule has 0 bridgehead atoms. The molecule has 0 aromatic carbocycles. The van der Waals surface area contributed by atoms with E-state index in [1.54, 1.807) is 0 Å². The highest BCUT2D eigenvalue weighted by molar-refractivity contribution is 5.14. The second-order valence-corrected chi connectivity index (χ2v) is 6.40. The second kappa shape index (κ2) is 4.18. The highest BCUT2D eigenvalue weighted by Gasteiger charge is 2.48. The van der Waals surface area contributed by atoms with E-state index in [1.807, 2.05) is 0 Å². The summed E-state index contributed by atoms with van der Waals surface area (Å²) in [6.07, 6.45) is 7.00. The number of hydrogen-bond donors (Lipinski definition) is 1. The van der Waals surface area contributed by atoms with Crippen molar-refractivity contribution >= 4 is 0 Å². The summed E-state index contributed by atoms with van der Waals surface area (Å²) in [7, 11) is 0. The van der Waals surface area contributed by atoms with Crippen molar-refractivity contribution in [2.75, 3.05) is 0 Å². The van der Waals surface area contributed by atoms with Crippen molar-refractivity contribution in [3.63, 3.8) is 0 Å². The molecule has 2 aliphatic rings. The SMILES string of the molecule is CC1=CC2C(C)CCC2C(O)(C(C)C)CC1. The van der Waals surface area contributed by atoms with Gasteiger partial charge in [0.05, 0.1) is 5.60 Å². The second-order valence-electron chi connectivity index (χ2n) is 6.40. The third kappa shape index (κ3) is 1.84. The van der Waals surface area contributed by atoms with Crippen molar-refractivity contribution in [1.29, 1.82) is 0 Å². The molecule has 1 nitrogen and oxygen atoms in total. The van der Waals surface area contributed by atoms with Crippen LogP contribution < -0.4 is 0 Å². The topological polar surface area (TPSA) is 20.2 Å². The van der Waals surface area contributed by atoms with E-state index >= 15 is 0 Å². The molecule has 0 aromatic rings. The van der Waals surface area contributed by atoms with Crippen molar-refractivity contribution in [2.24, 2.45) is 23.7 Å². The lowest BCUT2D eigenvalue weighted by Gasteiger charge is -2.39. The van der Waals surface area contributed by atoms with Crippen molar-refractivity contribution in [3.05, 3.63) is 11.6 Å². The van der Waals surface area contributed by atoms with Crippen molar-refractivity contribution in [1.82, 2.24) is 0 Å². The largest absolute Gasteiger partial charge is 0.389 e. The van der Waals surface area contributed by atoms with Crippen molar-refractivity contribution in [3.8, 4) is 0 Å². The minimum absolute atomic E-state index is 0.379. The Morgan fingerprint density at radius 1 is 1.38 bits per heavy atom. The molecule has 92 valence electrons. The molecule has 4 unspecified atom stereocenters. The molecule has 1 fully saturated rings. The zero-order valence-electron chi connectivity index (χ0n) is 11.2. The smallest absolute Gasteiger partial charge is 0.0707 e. The van der Waals surface area contributed by atoms with Gasteiger partial charge in [0.1, 0.15) is 0 Å². The highest BCUT2D eigenvalue weighted by atomic mass is 16.3. The molecule has 1 N–H and O–H groups in total. The molecule has 0 amide bonds. The molecular weight excluding hydrogens is 196 g/mol. The normalized spacial score (nSPS) is 44.1. The van der Waals surface area contributed by atoms with Crippen LogP contribution in [0.2, 0.25) is 0 Å². The first-order valence-corrected chi connectivity index (χ1v) is 6.85. The van der Waals surface area contributed by atoms with Gasteiger partial charge in [-0.15, -0.1) is 0 Å². The van der Waals surface area contributed by atoms with Gasteiger partial charge in [0.25, 0.3) is 0 Å². The van der Waals surface area contributed by atoms with Crippen LogP contribution in [0.3, 0.4) is 0 Å². The van der Waals surface area contributed by atoms with Gasteiger partial charge < -0.3 is 5.11 Å². The van der Waals surface area contributed by atoms with E-state index in [0.29, 0.717) is 17.8 Å². The first-order valence-electron chi connectivity index (χ1n) is 6.85. The molecule has 16 heavy (non-hydrogen) atoms. The zero-order valence-corrected chi connectivity index (χ0v) is 11.2. The van der Waals surface area contributed by atoms with Crippen LogP contribution >= 0.6 is 0 Å². The van der Waals surface area contributed by atoms with E-state index in [4.69, 9.17) is 0 Å². The lowest BCUT2D eigenvalue weighted by molar-refractivity contribution is -0.0719. The van der Waals surface area contributed by atoms with Crippen LogP contribution in [0.25, 0.3) is 0 Å². The van der Waals surface area contributed by atoms with Crippen molar-refractivity contribution < 1.29 is 5.11 Å². The van der Waals surface area contributed by atoms with Crippen molar-refractivity contribution in [2.45, 2.75) is 59.0 Å². The minimum Gasteiger partial charge on any atom is -0.389 e. The maximum absolute atomic E-state index is 11.0. The zero-order chi connectivity index (χ0) is 11.9. The van der Waals surface area contributed by atoms with Gasteiger partial charge in [-0.2, -0.15) is 0 Å². The summed E-state index contributed by atoms with van der Waals surface area (Å²) < 4.78 is 0. The Bertz CT molecular complexity index is 292. The Balaban J connectivity index is 2.33. The fourth-order valence-corrected chi connectivity index (χ4v) is 3.80. The molecule has 0 radical (unpaired) electrons. The van der Waals surface area contributed by atoms with Crippen LogP contribution in [0, 0.1) is 23.7 Å². The Hall–Kier alpha value is -0.300. The third-order valence-electron chi connectivity index (χ3n) is 5.09. The summed E-state index contributed by atoms with van der Waals surface area (Å²) in [5.74, 6) is 2.25. The lowest BCUT2D eigenvalue weighted by Crippen LogP contribution is -2.44. The number of hydrogen-bond acceptors (Lipinski definition) is 1. The molecule has 1 saturated carbocycles. The van der Waals surface area contributed by atoms with Crippen LogP contribution in [-0.2, 0) is 0 Å². The third-order valence-corrected chi connectivity index (χ3v) is 5.09. The molecule has 2 aliphatic carbocycles. The van der Waals surface area contributed by atoms with E-state index in [2.05, 4.69) is 33.8 Å². The number of aliphatic hydroxyl groups is 1. The highest BCUT2D eigenvalue weighted by Crippen LogP contribution is 2.50. The van der Waals surface area contributed by atoms with Crippen LogP contribution in [0.15, 0.2) is 11.6 Å². The van der Waals surface area contributed by atoms with Gasteiger partial charge >= 0.3 is 0 Å². The predicted molar refractivity (Wildman–Crippen MR) is 68.2 cm³/mol. The quantitative estimate of drug-likeness (QED) is 0.669. The monoisotopic (exact) mass is 222 g/mol. The number of allylic oxidation sites excluding steroid dienone is 2. The summed E-state index contributed by atoms with van der Waals surface area (Å²) in [6, 6.07) is 0. The molecule has 4 atom stereocenters. The maximum Gasteiger partial charge on any atom is 0.0707 e. The van der Waals surface area contributed by atoms with Gasteiger partial charge in [0, 0.05) is 0 Å². The summed E-state index contributed by atoms with van der Waals surface area (Å²) in [6.45, 7) is 8.94. The molecule has 0 aromatic heterocycles. The summed E-state index contributed by atoms with van der Waals surface area (Å²) in [4.78, 5) is 0. The van der Waals surface area contributed by atoms with Gasteiger partial charge in [-0.25, -0.2) is 0 Å². The minimum atomic E-state index is -0.427. The molecule has 0 spiro atoms. The van der Waals surface area contributed by atoms with E-state index in [9.17, 15) is 5.11 Å². The molecule has 2 rings (SSSR count). The Kier molecular flexibility index (Phi) is 3.18. The van der Waals surface area contributed by atoms with Gasteiger partial charge in [0.2, 0.25) is 0 Å². The predicted octanol–water partition coefficient (Wildman–Crippen LogP) is 3.78. The Labute approximate surface area is 99.9 Å². The van der Waals surface area contributed by atoms with Gasteiger partial charge in [-0.05, 0) is 56.3 Å². The van der Waals surface area contributed by atoms with Gasteiger partial charge in [0.15, 0.2) is 0 Å². The van der Waals surface area contributed by atoms with E-state index in [0.717, 1.165) is 18.8 Å². The fraction of sp³-hybridized carbons (Fsp3) is 0.867. The fourth-order valence-electron chi connectivity index (χ4n) is 3.80. The molecule has 0 aliphatic heterocycles. The van der Waals surface area contributed by atoms with Gasteiger partial charge in [-0.1, -0.05) is 32.4 Å². The van der Waals surface area contributed by atoms with E-state index < -0.39 is 5.60 Å². The lowest BCUT2D eigenvalue weighted by atomic mass is 9.71. The summed E-state index contributed by atoms with van der Waals surface area (Å²) in [5.41, 5.74) is 1.06. The molecule has 1 heteroatoms. The van der Waals surface area contributed by atoms with Crippen LogP contribution in [-0.4, -0.2) is 10.7 Å². The first kappa shape index (κ1) is 12.2. The molecule has 0 heterocycles. The number of rotatable bonds is 1. The molecule has 0 saturated heterocycles. The van der Waals surface area contributed by atoms with Crippen LogP contribution in [0.5, 0.6) is 0 Å². The standard InChI is InChI=1S/C15H26O/c1-10(2)15(16)8-7-11(3)9-13-12(4)5-6-14(13)15/h9-10,12-14,16H,5-8H2,1-4H3.